The highest BCUT2D eigenvalue weighted by Gasteiger charge is 2.09. The summed E-state index contributed by atoms with van der Waals surface area (Å²) in [6.07, 6.45) is 2.98. The van der Waals surface area contributed by atoms with Crippen molar-refractivity contribution in [3.63, 3.8) is 0 Å². The molecule has 0 spiro atoms. The third-order valence-corrected chi connectivity index (χ3v) is 2.58. The van der Waals surface area contributed by atoms with Gasteiger partial charge >= 0.3 is 0 Å². The van der Waals surface area contributed by atoms with Crippen molar-refractivity contribution in [2.45, 2.75) is 26.2 Å². The maximum atomic E-state index is 5.77. The van der Waals surface area contributed by atoms with E-state index in [0.29, 0.717) is 5.88 Å². The fourth-order valence-electron chi connectivity index (χ4n) is 1.50. The molecule has 0 heterocycles. The number of hydrogen-bond acceptors (Lipinski definition) is 2. The van der Waals surface area contributed by atoms with E-state index in [0.717, 1.165) is 42.9 Å². The van der Waals surface area contributed by atoms with E-state index >= 15 is 0 Å². The smallest absolute Gasteiger partial charge is 0.164 e. The maximum Gasteiger partial charge on any atom is 0.164 e. The molecule has 0 amide bonds. The van der Waals surface area contributed by atoms with Gasteiger partial charge in [0.2, 0.25) is 0 Å². The van der Waals surface area contributed by atoms with Gasteiger partial charge in [0.1, 0.15) is 0 Å². The van der Waals surface area contributed by atoms with Crippen LogP contribution in [0.25, 0.3) is 0 Å². The summed E-state index contributed by atoms with van der Waals surface area (Å²) in [5.74, 6) is 2.23. The van der Waals surface area contributed by atoms with E-state index < -0.39 is 0 Å². The van der Waals surface area contributed by atoms with E-state index in [1.165, 1.54) is 0 Å². The van der Waals surface area contributed by atoms with Crippen LogP contribution in [0.4, 0.5) is 0 Å². The van der Waals surface area contributed by atoms with E-state index in [1.807, 2.05) is 18.2 Å². The lowest BCUT2D eigenvalue weighted by Gasteiger charge is -2.14. The number of alkyl halides is 1. The summed E-state index contributed by atoms with van der Waals surface area (Å²) in [4.78, 5) is 0. The largest absolute Gasteiger partial charge is 0.493 e. The van der Waals surface area contributed by atoms with Gasteiger partial charge in [0, 0.05) is 5.88 Å². The number of benzene rings is 1. The Morgan fingerprint density at radius 1 is 1.31 bits per heavy atom. The molecular formula is C13H19ClO2. The van der Waals surface area contributed by atoms with E-state index in [2.05, 4.69) is 6.92 Å². The summed E-state index contributed by atoms with van der Waals surface area (Å²) in [5, 5.41) is 0. The number of methoxy groups -OCH3 is 1. The van der Waals surface area contributed by atoms with Crippen LogP contribution in [0.5, 0.6) is 11.5 Å². The molecule has 0 radical (unpaired) electrons. The molecule has 0 saturated carbocycles. The molecule has 0 unspecified atom stereocenters. The van der Waals surface area contributed by atoms with E-state index in [1.54, 1.807) is 7.11 Å². The molecule has 0 saturated heterocycles. The molecule has 0 atom stereocenters. The summed E-state index contributed by atoms with van der Waals surface area (Å²) >= 11 is 5.77. The van der Waals surface area contributed by atoms with Crippen molar-refractivity contribution >= 4 is 11.6 Å². The van der Waals surface area contributed by atoms with Crippen LogP contribution in [-0.4, -0.2) is 19.6 Å². The summed E-state index contributed by atoms with van der Waals surface area (Å²) in [7, 11) is 1.66. The molecule has 90 valence electrons. The lowest BCUT2D eigenvalue weighted by molar-refractivity contribution is 0.285. The molecular weight excluding hydrogens is 224 g/mol. The Balaban J connectivity index is 2.81. The average Bonchev–Trinajstić information content (AvgIpc) is 2.31. The van der Waals surface area contributed by atoms with Gasteiger partial charge in [0.25, 0.3) is 0 Å². The second-order valence-electron chi connectivity index (χ2n) is 3.59. The molecule has 1 rings (SSSR count). The molecule has 0 fully saturated rings. The Hall–Kier alpha value is -0.890. The molecule has 16 heavy (non-hydrogen) atoms. The second kappa shape index (κ2) is 7.39. The predicted molar refractivity (Wildman–Crippen MR) is 67.8 cm³/mol. The van der Waals surface area contributed by atoms with Crippen molar-refractivity contribution in [3.05, 3.63) is 23.8 Å². The molecule has 2 nitrogen and oxygen atoms in total. The molecule has 1 aromatic rings. The zero-order valence-electron chi connectivity index (χ0n) is 9.96. The highest BCUT2D eigenvalue weighted by atomic mass is 35.5. The monoisotopic (exact) mass is 242 g/mol. The summed E-state index contributed by atoms with van der Waals surface area (Å²) in [6.45, 7) is 2.87. The van der Waals surface area contributed by atoms with Crippen LogP contribution >= 0.6 is 11.6 Å². The van der Waals surface area contributed by atoms with Gasteiger partial charge in [-0.05, 0) is 24.5 Å². The SMILES string of the molecule is CCCCOc1c(CCCl)cccc1OC. The lowest BCUT2D eigenvalue weighted by Crippen LogP contribution is -2.02. The minimum absolute atomic E-state index is 0.595. The first-order chi connectivity index (χ1) is 7.83. The molecule has 0 bridgehead atoms. The molecule has 0 aliphatic heterocycles. The Labute approximate surface area is 103 Å². The summed E-state index contributed by atoms with van der Waals surface area (Å²) in [5.41, 5.74) is 1.12. The average molecular weight is 243 g/mol. The van der Waals surface area contributed by atoms with Crippen molar-refractivity contribution in [1.82, 2.24) is 0 Å². The first kappa shape index (κ1) is 13.2. The third-order valence-electron chi connectivity index (χ3n) is 2.39. The van der Waals surface area contributed by atoms with Gasteiger partial charge in [-0.3, -0.25) is 0 Å². The number of para-hydroxylation sites is 1. The molecule has 3 heteroatoms. The molecule has 0 aliphatic rings. The van der Waals surface area contributed by atoms with Gasteiger partial charge in [-0.15, -0.1) is 11.6 Å². The van der Waals surface area contributed by atoms with Crippen molar-refractivity contribution in [1.29, 1.82) is 0 Å². The van der Waals surface area contributed by atoms with Crippen molar-refractivity contribution in [2.24, 2.45) is 0 Å². The van der Waals surface area contributed by atoms with Crippen LogP contribution in [0, 0.1) is 0 Å². The maximum absolute atomic E-state index is 5.77. The Morgan fingerprint density at radius 2 is 2.12 bits per heavy atom. The highest BCUT2D eigenvalue weighted by Crippen LogP contribution is 2.31. The fraction of sp³-hybridized carbons (Fsp3) is 0.538. The zero-order valence-corrected chi connectivity index (χ0v) is 10.7. The number of unbranched alkanes of at least 4 members (excludes halogenated alkanes) is 1. The van der Waals surface area contributed by atoms with Crippen LogP contribution in [0.15, 0.2) is 18.2 Å². The molecule has 0 N–H and O–H groups in total. The summed E-state index contributed by atoms with van der Waals surface area (Å²) in [6, 6.07) is 5.92. The highest BCUT2D eigenvalue weighted by molar-refractivity contribution is 6.18. The number of rotatable bonds is 7. The number of aryl methyl sites for hydroxylation is 1. The van der Waals surface area contributed by atoms with Gasteiger partial charge in [-0.25, -0.2) is 0 Å². The van der Waals surface area contributed by atoms with Crippen LogP contribution in [-0.2, 0) is 6.42 Å². The Morgan fingerprint density at radius 3 is 2.75 bits per heavy atom. The minimum Gasteiger partial charge on any atom is -0.493 e. The van der Waals surface area contributed by atoms with Crippen molar-refractivity contribution < 1.29 is 9.47 Å². The van der Waals surface area contributed by atoms with E-state index in [9.17, 15) is 0 Å². The predicted octanol–water partition coefficient (Wildman–Crippen LogP) is 3.66. The Bertz CT molecular complexity index is 313. The van der Waals surface area contributed by atoms with E-state index in [4.69, 9.17) is 21.1 Å². The first-order valence-corrected chi connectivity index (χ1v) is 6.21. The van der Waals surface area contributed by atoms with Gasteiger partial charge in [-0.1, -0.05) is 25.5 Å². The van der Waals surface area contributed by atoms with Gasteiger partial charge in [0.15, 0.2) is 11.5 Å². The van der Waals surface area contributed by atoms with Crippen LogP contribution in [0.2, 0.25) is 0 Å². The molecule has 1 aromatic carbocycles. The normalized spacial score (nSPS) is 10.2. The summed E-state index contributed by atoms with van der Waals surface area (Å²) < 4.78 is 11.1. The van der Waals surface area contributed by atoms with E-state index in [-0.39, 0.29) is 0 Å². The molecule has 0 aromatic heterocycles. The number of ether oxygens (including phenoxy) is 2. The third kappa shape index (κ3) is 3.60. The zero-order chi connectivity index (χ0) is 11.8. The minimum atomic E-state index is 0.595. The second-order valence-corrected chi connectivity index (χ2v) is 3.97. The van der Waals surface area contributed by atoms with Gasteiger partial charge in [0.05, 0.1) is 13.7 Å². The van der Waals surface area contributed by atoms with Gasteiger partial charge in [-0.2, -0.15) is 0 Å². The van der Waals surface area contributed by atoms with Crippen molar-refractivity contribution in [3.8, 4) is 11.5 Å². The first-order valence-electron chi connectivity index (χ1n) is 5.68. The molecule has 0 aliphatic carbocycles. The number of hydrogen-bond donors (Lipinski definition) is 0. The van der Waals surface area contributed by atoms with Crippen LogP contribution < -0.4 is 9.47 Å². The van der Waals surface area contributed by atoms with Crippen molar-refractivity contribution in [2.75, 3.05) is 19.6 Å². The quantitative estimate of drug-likeness (QED) is 0.537. The van der Waals surface area contributed by atoms with Gasteiger partial charge < -0.3 is 9.47 Å². The number of halogens is 1. The fourth-order valence-corrected chi connectivity index (χ4v) is 1.71. The van der Waals surface area contributed by atoms with Crippen LogP contribution in [0.1, 0.15) is 25.3 Å². The topological polar surface area (TPSA) is 18.5 Å². The van der Waals surface area contributed by atoms with Crippen LogP contribution in [0.3, 0.4) is 0 Å². The Kier molecular flexibility index (Phi) is 6.09. The lowest BCUT2D eigenvalue weighted by atomic mass is 10.1. The standard InChI is InChI=1S/C13H19ClO2/c1-3-4-10-16-13-11(8-9-14)6-5-7-12(13)15-2/h5-7H,3-4,8-10H2,1-2H3.